The number of carbonyl (C=O) groups excluding carboxylic acids is 1. The van der Waals surface area contributed by atoms with Gasteiger partial charge in [0, 0.05) is 17.7 Å². The Labute approximate surface area is 104 Å². The number of alkyl carbamates (subject to hydrolysis) is 1. The number of nitro benzene ring substituents is 1. The van der Waals surface area contributed by atoms with Gasteiger partial charge in [0.25, 0.3) is 5.69 Å². The normalized spacial score (nSPS) is 21.4. The Morgan fingerprint density at radius 3 is 2.84 bits per heavy atom. The molecule has 0 saturated carbocycles. The maximum Gasteiger partial charge on any atom is 0.408 e. The highest BCUT2D eigenvalue weighted by atomic mass is 19.3. The van der Waals surface area contributed by atoms with Gasteiger partial charge >= 0.3 is 12.0 Å². The number of hydrogen-bond donors (Lipinski definition) is 2. The number of halogens is 2. The number of phenolic OH excluding ortho intramolecular Hbond substituents is 1. The summed E-state index contributed by atoms with van der Waals surface area (Å²) in [5.74, 6) is -4.06. The van der Waals surface area contributed by atoms with E-state index >= 15 is 0 Å². The number of cyclic esters (lactones) is 1. The number of rotatable bonds is 2. The number of carbonyl (C=O) groups is 1. The van der Waals surface area contributed by atoms with Crippen LogP contribution in [0.15, 0.2) is 18.2 Å². The highest BCUT2D eigenvalue weighted by Gasteiger charge is 2.48. The predicted octanol–water partition coefficient (Wildman–Crippen LogP) is 1.72. The van der Waals surface area contributed by atoms with Crippen LogP contribution in [0.5, 0.6) is 5.75 Å². The van der Waals surface area contributed by atoms with Gasteiger partial charge < -0.3 is 15.2 Å². The van der Waals surface area contributed by atoms with E-state index in [1.807, 2.05) is 5.32 Å². The summed E-state index contributed by atoms with van der Waals surface area (Å²) in [7, 11) is 0. The monoisotopic (exact) mass is 274 g/mol. The van der Waals surface area contributed by atoms with Gasteiger partial charge in [0.1, 0.15) is 11.8 Å². The molecule has 7 nitrogen and oxygen atoms in total. The van der Waals surface area contributed by atoms with Crippen molar-refractivity contribution in [1.29, 1.82) is 0 Å². The number of amides is 1. The van der Waals surface area contributed by atoms with E-state index in [4.69, 9.17) is 0 Å². The van der Waals surface area contributed by atoms with Crippen LogP contribution in [0.25, 0.3) is 0 Å². The van der Waals surface area contributed by atoms with E-state index in [1.165, 1.54) is 0 Å². The van der Waals surface area contributed by atoms with E-state index in [0.717, 1.165) is 18.2 Å². The molecule has 0 spiro atoms. The lowest BCUT2D eigenvalue weighted by Gasteiger charge is -2.31. The van der Waals surface area contributed by atoms with Crippen LogP contribution < -0.4 is 5.32 Å². The van der Waals surface area contributed by atoms with Gasteiger partial charge in [-0.05, 0) is 6.07 Å². The summed E-state index contributed by atoms with van der Waals surface area (Å²) in [6, 6.07) is 0.802. The Morgan fingerprint density at radius 2 is 2.21 bits per heavy atom. The van der Waals surface area contributed by atoms with Crippen molar-refractivity contribution in [2.45, 2.75) is 12.0 Å². The molecule has 1 aliphatic rings. The number of non-ortho nitro benzene ring substituents is 1. The number of nitro groups is 1. The first-order valence-electron chi connectivity index (χ1n) is 5.09. The van der Waals surface area contributed by atoms with Gasteiger partial charge in [-0.15, -0.1) is 0 Å². The second-order valence-corrected chi connectivity index (χ2v) is 3.91. The third kappa shape index (κ3) is 2.39. The Morgan fingerprint density at radius 1 is 1.53 bits per heavy atom. The molecule has 9 heteroatoms. The van der Waals surface area contributed by atoms with E-state index in [1.54, 1.807) is 0 Å². The van der Waals surface area contributed by atoms with Crippen LogP contribution in [0, 0.1) is 10.1 Å². The summed E-state index contributed by atoms with van der Waals surface area (Å²) >= 11 is 0. The lowest BCUT2D eigenvalue weighted by molar-refractivity contribution is -0.385. The Kier molecular flexibility index (Phi) is 2.97. The van der Waals surface area contributed by atoms with Gasteiger partial charge in [-0.1, -0.05) is 0 Å². The molecule has 1 heterocycles. The number of aromatic hydroxyl groups is 1. The summed E-state index contributed by atoms with van der Waals surface area (Å²) in [5.41, 5.74) is -0.903. The largest absolute Gasteiger partial charge is 0.508 e. The van der Waals surface area contributed by atoms with Crippen molar-refractivity contribution in [2.75, 3.05) is 6.61 Å². The minimum Gasteiger partial charge on any atom is -0.508 e. The summed E-state index contributed by atoms with van der Waals surface area (Å²) < 4.78 is 31.4. The smallest absolute Gasteiger partial charge is 0.408 e. The Balaban J connectivity index is 2.46. The fourth-order valence-corrected chi connectivity index (χ4v) is 1.70. The molecule has 1 fully saturated rings. The number of ether oxygens (including phenoxy) is 1. The minimum atomic E-state index is -3.49. The number of alkyl halides is 2. The highest BCUT2D eigenvalue weighted by molar-refractivity contribution is 5.69. The van der Waals surface area contributed by atoms with Crippen LogP contribution in [0.4, 0.5) is 19.3 Å². The maximum absolute atomic E-state index is 13.6. The van der Waals surface area contributed by atoms with Crippen molar-refractivity contribution in [1.82, 2.24) is 5.32 Å². The van der Waals surface area contributed by atoms with E-state index < -0.39 is 46.6 Å². The van der Waals surface area contributed by atoms with Crippen molar-refractivity contribution >= 4 is 11.8 Å². The fraction of sp³-hybridized carbons (Fsp3) is 0.300. The highest BCUT2D eigenvalue weighted by Crippen LogP contribution is 2.39. The van der Waals surface area contributed by atoms with Crippen molar-refractivity contribution in [3.05, 3.63) is 33.9 Å². The van der Waals surface area contributed by atoms with Gasteiger partial charge in [-0.3, -0.25) is 10.1 Å². The second kappa shape index (κ2) is 4.34. The molecule has 0 aliphatic carbocycles. The summed E-state index contributed by atoms with van der Waals surface area (Å²) in [5, 5.41) is 22.0. The fourth-order valence-electron chi connectivity index (χ4n) is 1.70. The SMILES string of the molecule is O=C1N[C@H](c2cc([N+](=O)[O-])ccc2O)C(F)(F)CO1. The zero-order valence-electron chi connectivity index (χ0n) is 9.30. The minimum absolute atomic E-state index is 0.434. The molecule has 0 aromatic heterocycles. The summed E-state index contributed by atoms with van der Waals surface area (Å²) in [6.07, 6.45) is -1.08. The molecule has 1 amide bonds. The summed E-state index contributed by atoms with van der Waals surface area (Å²) in [4.78, 5) is 20.8. The lowest BCUT2D eigenvalue weighted by Crippen LogP contribution is -2.49. The lowest BCUT2D eigenvalue weighted by atomic mass is 9.98. The third-order valence-electron chi connectivity index (χ3n) is 2.61. The van der Waals surface area contributed by atoms with Gasteiger partial charge in [0.05, 0.1) is 4.92 Å². The first-order valence-corrected chi connectivity index (χ1v) is 5.09. The molecule has 2 N–H and O–H groups in total. The molecule has 1 aromatic carbocycles. The first-order chi connectivity index (χ1) is 8.81. The van der Waals surface area contributed by atoms with Crippen LogP contribution in [0.3, 0.4) is 0 Å². The number of nitrogens with zero attached hydrogens (tertiary/aromatic N) is 1. The van der Waals surface area contributed by atoms with Crippen molar-refractivity contribution in [3.63, 3.8) is 0 Å². The van der Waals surface area contributed by atoms with Gasteiger partial charge in [-0.2, -0.15) is 0 Å². The standard InChI is InChI=1S/C10H8F2N2O5/c11-10(12)4-19-9(16)13-8(10)6-3-5(14(17)18)1-2-7(6)15/h1-3,8,15H,4H2,(H,13,16)/t8-/m1/s1. The second-order valence-electron chi connectivity index (χ2n) is 3.91. The molecule has 0 radical (unpaired) electrons. The zero-order chi connectivity index (χ0) is 14.2. The Bertz CT molecular complexity index is 549. The molecule has 1 saturated heterocycles. The van der Waals surface area contributed by atoms with Crippen molar-refractivity contribution in [3.8, 4) is 5.75 Å². The molecule has 2 rings (SSSR count). The topological polar surface area (TPSA) is 102 Å². The number of hydrogen-bond acceptors (Lipinski definition) is 5. The molecule has 102 valence electrons. The van der Waals surface area contributed by atoms with Gasteiger partial charge in [0.15, 0.2) is 6.61 Å². The van der Waals surface area contributed by atoms with Crippen LogP contribution in [-0.4, -0.2) is 28.7 Å². The van der Waals surface area contributed by atoms with Crippen LogP contribution in [-0.2, 0) is 4.74 Å². The van der Waals surface area contributed by atoms with E-state index in [0.29, 0.717) is 0 Å². The quantitative estimate of drug-likeness (QED) is 0.631. The number of benzene rings is 1. The van der Waals surface area contributed by atoms with Crippen LogP contribution in [0.2, 0.25) is 0 Å². The van der Waals surface area contributed by atoms with Crippen molar-refractivity contribution in [2.24, 2.45) is 0 Å². The van der Waals surface area contributed by atoms with E-state index in [9.17, 15) is 28.8 Å². The molecular formula is C10H8F2N2O5. The van der Waals surface area contributed by atoms with E-state index in [2.05, 4.69) is 4.74 Å². The van der Waals surface area contributed by atoms with Crippen LogP contribution in [0.1, 0.15) is 11.6 Å². The molecule has 1 aliphatic heterocycles. The molecule has 1 atom stereocenters. The molecule has 0 bridgehead atoms. The maximum atomic E-state index is 13.6. The molecule has 19 heavy (non-hydrogen) atoms. The third-order valence-corrected chi connectivity index (χ3v) is 2.61. The summed E-state index contributed by atoms with van der Waals surface area (Å²) in [6.45, 7) is -1.16. The van der Waals surface area contributed by atoms with Crippen molar-refractivity contribution < 1.29 is 28.3 Å². The molecule has 0 unspecified atom stereocenters. The average Bonchev–Trinajstić information content (AvgIpc) is 2.33. The van der Waals surface area contributed by atoms with Gasteiger partial charge in [0.2, 0.25) is 0 Å². The van der Waals surface area contributed by atoms with Gasteiger partial charge in [-0.25, -0.2) is 13.6 Å². The first kappa shape index (κ1) is 13.0. The molecule has 1 aromatic rings. The Hall–Kier alpha value is -2.45. The van der Waals surface area contributed by atoms with E-state index in [-0.39, 0.29) is 0 Å². The predicted molar refractivity (Wildman–Crippen MR) is 56.9 cm³/mol. The number of nitrogens with one attached hydrogen (secondary N) is 1. The molecular weight excluding hydrogens is 266 g/mol. The average molecular weight is 274 g/mol. The zero-order valence-corrected chi connectivity index (χ0v) is 9.30. The van der Waals surface area contributed by atoms with Crippen LogP contribution >= 0.6 is 0 Å². The number of phenols is 1.